The van der Waals surface area contributed by atoms with Crippen LogP contribution in [0.1, 0.15) is 18.1 Å². The van der Waals surface area contributed by atoms with Gasteiger partial charge in [-0.3, -0.25) is 14.5 Å². The van der Waals surface area contributed by atoms with Gasteiger partial charge >= 0.3 is 0 Å². The Balaban J connectivity index is 1.40. The van der Waals surface area contributed by atoms with Gasteiger partial charge in [0.25, 0.3) is 11.8 Å². The second-order valence-electron chi connectivity index (χ2n) is 7.45. The molecule has 0 unspecified atom stereocenters. The van der Waals surface area contributed by atoms with Crippen molar-refractivity contribution >= 4 is 57.6 Å². The van der Waals surface area contributed by atoms with E-state index < -0.39 is 0 Å². The van der Waals surface area contributed by atoms with E-state index in [1.165, 1.54) is 46.5 Å². The highest BCUT2D eigenvalue weighted by atomic mass is 32.2. The maximum Gasteiger partial charge on any atom is 0.270 e. The molecule has 0 spiro atoms. The second-order valence-corrected chi connectivity index (χ2v) is 9.13. The van der Waals surface area contributed by atoms with Crippen LogP contribution in [0.15, 0.2) is 77.7 Å². The predicted octanol–water partition coefficient (Wildman–Crippen LogP) is 5.81. The second kappa shape index (κ2) is 10.6. The number of ether oxygens (including phenoxy) is 1. The first-order valence-corrected chi connectivity index (χ1v) is 11.8. The van der Waals surface area contributed by atoms with Crippen LogP contribution >= 0.6 is 24.0 Å². The lowest BCUT2D eigenvalue weighted by molar-refractivity contribution is -0.118. The van der Waals surface area contributed by atoms with Gasteiger partial charge in [0.1, 0.15) is 11.6 Å². The lowest BCUT2D eigenvalue weighted by atomic mass is 10.1. The monoisotopic (exact) mass is 492 g/mol. The van der Waals surface area contributed by atoms with Crippen LogP contribution in [0.2, 0.25) is 0 Å². The van der Waals surface area contributed by atoms with Crippen LogP contribution in [-0.4, -0.2) is 22.7 Å². The van der Waals surface area contributed by atoms with E-state index in [1.54, 1.807) is 24.3 Å². The van der Waals surface area contributed by atoms with Crippen molar-refractivity contribution in [3.8, 4) is 5.75 Å². The fourth-order valence-electron chi connectivity index (χ4n) is 3.30. The van der Waals surface area contributed by atoms with E-state index in [4.69, 9.17) is 17.0 Å². The molecule has 2 amide bonds. The molecule has 0 aromatic heterocycles. The average Bonchev–Trinajstić information content (AvgIpc) is 3.11. The zero-order chi connectivity index (χ0) is 24.1. The lowest BCUT2D eigenvalue weighted by Gasteiger charge is -2.14. The minimum Gasteiger partial charge on any atom is -0.484 e. The number of hydrogen-bond acceptors (Lipinski definition) is 5. The Bertz CT molecular complexity index is 1260. The van der Waals surface area contributed by atoms with Crippen molar-refractivity contribution in [1.82, 2.24) is 0 Å². The number of halogens is 1. The van der Waals surface area contributed by atoms with E-state index in [0.717, 1.165) is 12.0 Å². The average molecular weight is 493 g/mol. The van der Waals surface area contributed by atoms with Crippen LogP contribution in [0.4, 0.5) is 15.8 Å². The summed E-state index contributed by atoms with van der Waals surface area (Å²) in [6, 6.07) is 20.4. The van der Waals surface area contributed by atoms with E-state index in [2.05, 4.69) is 12.2 Å². The highest BCUT2D eigenvalue weighted by molar-refractivity contribution is 8.27. The summed E-state index contributed by atoms with van der Waals surface area (Å²) in [7, 11) is 0. The van der Waals surface area contributed by atoms with E-state index in [0.29, 0.717) is 26.3 Å². The standard InChI is InChI=1S/C26H21FN2O3S2/c1-2-17-6-10-20(11-7-17)28-24(30)16-32-22-5-3-4-18(14-22)15-23-25(31)29(26(33)34-23)21-12-8-19(27)9-13-21/h3-15H,2,16H2,1H3,(H,28,30)/b23-15-. The fourth-order valence-corrected chi connectivity index (χ4v) is 4.59. The molecule has 3 aromatic carbocycles. The smallest absolute Gasteiger partial charge is 0.270 e. The van der Waals surface area contributed by atoms with Gasteiger partial charge in [-0.25, -0.2) is 4.39 Å². The van der Waals surface area contributed by atoms with Crippen LogP contribution < -0.4 is 15.0 Å². The number of carbonyl (C=O) groups excluding carboxylic acids is 2. The summed E-state index contributed by atoms with van der Waals surface area (Å²) in [5.74, 6) is -0.430. The number of anilines is 2. The Morgan fingerprint density at radius 1 is 1.12 bits per heavy atom. The third-order valence-electron chi connectivity index (χ3n) is 5.05. The summed E-state index contributed by atoms with van der Waals surface area (Å²) in [5, 5.41) is 2.80. The number of amides is 2. The molecule has 1 aliphatic heterocycles. The number of rotatable bonds is 7. The molecule has 8 heteroatoms. The summed E-state index contributed by atoms with van der Waals surface area (Å²) in [4.78, 5) is 26.9. The first kappa shape index (κ1) is 23.7. The molecule has 0 bridgehead atoms. The molecular formula is C26H21FN2O3S2. The van der Waals surface area contributed by atoms with Crippen LogP contribution in [0.25, 0.3) is 6.08 Å². The van der Waals surface area contributed by atoms with Gasteiger partial charge in [0.2, 0.25) is 0 Å². The van der Waals surface area contributed by atoms with Crippen molar-refractivity contribution < 1.29 is 18.7 Å². The molecule has 3 aromatic rings. The summed E-state index contributed by atoms with van der Waals surface area (Å²) in [6.45, 7) is 1.92. The Morgan fingerprint density at radius 2 is 1.85 bits per heavy atom. The third kappa shape index (κ3) is 5.70. The maximum absolute atomic E-state index is 13.2. The molecule has 172 valence electrons. The van der Waals surface area contributed by atoms with Crippen molar-refractivity contribution in [2.24, 2.45) is 0 Å². The molecule has 1 saturated heterocycles. The molecular weight excluding hydrogens is 471 g/mol. The van der Waals surface area contributed by atoms with Gasteiger partial charge in [-0.1, -0.05) is 55.2 Å². The van der Waals surface area contributed by atoms with Gasteiger partial charge in [0.15, 0.2) is 10.9 Å². The molecule has 34 heavy (non-hydrogen) atoms. The van der Waals surface area contributed by atoms with Crippen molar-refractivity contribution in [3.05, 3.63) is 94.6 Å². The number of carbonyl (C=O) groups is 2. The molecule has 5 nitrogen and oxygen atoms in total. The molecule has 0 saturated carbocycles. The number of nitrogens with one attached hydrogen (secondary N) is 1. The Morgan fingerprint density at radius 3 is 2.56 bits per heavy atom. The molecule has 1 heterocycles. The largest absolute Gasteiger partial charge is 0.484 e. The summed E-state index contributed by atoms with van der Waals surface area (Å²) < 4.78 is 19.2. The first-order valence-electron chi connectivity index (χ1n) is 10.6. The lowest BCUT2D eigenvalue weighted by Crippen LogP contribution is -2.27. The normalized spacial score (nSPS) is 14.5. The van der Waals surface area contributed by atoms with E-state index in [9.17, 15) is 14.0 Å². The number of aryl methyl sites for hydroxylation is 1. The number of thiocarbonyl (C=S) groups is 1. The van der Waals surface area contributed by atoms with Crippen LogP contribution in [0.5, 0.6) is 5.75 Å². The Labute approximate surface area is 206 Å². The van der Waals surface area contributed by atoms with Gasteiger partial charge in [-0.2, -0.15) is 0 Å². The van der Waals surface area contributed by atoms with Crippen LogP contribution in [-0.2, 0) is 16.0 Å². The third-order valence-corrected chi connectivity index (χ3v) is 6.35. The number of nitrogens with zero attached hydrogens (tertiary/aromatic N) is 1. The molecule has 0 radical (unpaired) electrons. The predicted molar refractivity (Wildman–Crippen MR) is 138 cm³/mol. The molecule has 4 rings (SSSR count). The van der Waals surface area contributed by atoms with Gasteiger partial charge in [-0.15, -0.1) is 0 Å². The molecule has 1 fully saturated rings. The van der Waals surface area contributed by atoms with Crippen molar-refractivity contribution in [1.29, 1.82) is 0 Å². The summed E-state index contributed by atoms with van der Waals surface area (Å²) in [5.41, 5.74) is 3.15. The zero-order valence-corrected chi connectivity index (χ0v) is 19.9. The SMILES string of the molecule is CCc1ccc(NC(=O)COc2cccc(/C=C3\SC(=S)N(c4ccc(F)cc4)C3=O)c2)cc1. The van der Waals surface area contributed by atoms with Gasteiger partial charge in [-0.05, 0) is 72.2 Å². The Hall–Kier alpha value is -3.49. The van der Waals surface area contributed by atoms with E-state index in [-0.39, 0.29) is 24.2 Å². The maximum atomic E-state index is 13.2. The first-order chi connectivity index (χ1) is 16.4. The van der Waals surface area contributed by atoms with E-state index >= 15 is 0 Å². The van der Waals surface area contributed by atoms with Crippen molar-refractivity contribution in [2.45, 2.75) is 13.3 Å². The minimum absolute atomic E-state index is 0.147. The topological polar surface area (TPSA) is 58.6 Å². The minimum atomic E-state index is -0.385. The highest BCUT2D eigenvalue weighted by Gasteiger charge is 2.33. The quantitative estimate of drug-likeness (QED) is 0.333. The van der Waals surface area contributed by atoms with Gasteiger partial charge in [0.05, 0.1) is 10.6 Å². The van der Waals surface area contributed by atoms with Crippen molar-refractivity contribution in [2.75, 3.05) is 16.8 Å². The van der Waals surface area contributed by atoms with Crippen LogP contribution in [0.3, 0.4) is 0 Å². The number of hydrogen-bond donors (Lipinski definition) is 1. The van der Waals surface area contributed by atoms with Crippen LogP contribution in [0, 0.1) is 5.82 Å². The molecule has 1 aliphatic rings. The Kier molecular flexibility index (Phi) is 7.40. The van der Waals surface area contributed by atoms with Gasteiger partial charge < -0.3 is 10.1 Å². The van der Waals surface area contributed by atoms with E-state index in [1.807, 2.05) is 30.3 Å². The number of benzene rings is 3. The summed E-state index contributed by atoms with van der Waals surface area (Å²) >= 11 is 6.53. The van der Waals surface area contributed by atoms with Crippen molar-refractivity contribution in [3.63, 3.8) is 0 Å². The molecule has 0 aliphatic carbocycles. The fraction of sp³-hybridized carbons (Fsp3) is 0.115. The summed E-state index contributed by atoms with van der Waals surface area (Å²) in [6.07, 6.45) is 2.65. The zero-order valence-electron chi connectivity index (χ0n) is 18.3. The highest BCUT2D eigenvalue weighted by Crippen LogP contribution is 2.36. The number of thioether (sulfide) groups is 1. The molecule has 0 atom stereocenters. The molecule has 1 N–H and O–H groups in total. The van der Waals surface area contributed by atoms with Gasteiger partial charge in [0, 0.05) is 5.69 Å².